The lowest BCUT2D eigenvalue weighted by Crippen LogP contribution is -1.94. The number of aromatic hydroxyl groups is 1. The van der Waals surface area contributed by atoms with Gasteiger partial charge in [0.1, 0.15) is 18.4 Å². The van der Waals surface area contributed by atoms with Gasteiger partial charge < -0.3 is 5.11 Å². The summed E-state index contributed by atoms with van der Waals surface area (Å²) in [6.45, 7) is 3.86. The van der Waals surface area contributed by atoms with E-state index in [9.17, 15) is 5.11 Å². The van der Waals surface area contributed by atoms with Gasteiger partial charge in [-0.1, -0.05) is 0 Å². The van der Waals surface area contributed by atoms with Crippen molar-refractivity contribution in [2.45, 2.75) is 13.8 Å². The summed E-state index contributed by atoms with van der Waals surface area (Å²) < 4.78 is 1.52. The van der Waals surface area contributed by atoms with Gasteiger partial charge in [0.2, 0.25) is 0 Å². The van der Waals surface area contributed by atoms with Gasteiger partial charge in [-0.05, 0) is 37.1 Å². The lowest BCUT2D eigenvalue weighted by atomic mass is 10.0. The summed E-state index contributed by atoms with van der Waals surface area (Å²) in [5, 5.41) is 20.9. The average Bonchev–Trinajstić information content (AvgIpc) is 2.68. The number of nitrogens with zero attached hydrogens (tertiary/aromatic N) is 4. The van der Waals surface area contributed by atoms with Crippen LogP contribution in [0.4, 0.5) is 0 Å². The van der Waals surface area contributed by atoms with Crippen LogP contribution in [0.3, 0.4) is 0 Å². The largest absolute Gasteiger partial charge is 0.508 e. The van der Waals surface area contributed by atoms with Crippen molar-refractivity contribution in [2.75, 3.05) is 0 Å². The Morgan fingerprint density at radius 1 is 1.19 bits per heavy atom. The molecular weight excluding hydrogens is 204 g/mol. The van der Waals surface area contributed by atoms with Crippen LogP contribution in [0, 0.1) is 13.8 Å². The Labute approximate surface area is 93.1 Å². The molecule has 0 spiro atoms. The van der Waals surface area contributed by atoms with E-state index in [1.165, 1.54) is 17.3 Å². The number of benzene rings is 1. The summed E-state index contributed by atoms with van der Waals surface area (Å²) in [4.78, 5) is 0. The predicted octanol–water partition coefficient (Wildman–Crippen LogP) is 1.48. The van der Waals surface area contributed by atoms with E-state index in [1.807, 2.05) is 13.8 Å². The second kappa shape index (κ2) is 4.14. The fourth-order valence-corrected chi connectivity index (χ4v) is 1.53. The highest BCUT2D eigenvalue weighted by molar-refractivity contribution is 5.84. The molecule has 0 bridgehead atoms. The first-order valence-electron chi connectivity index (χ1n) is 4.86. The van der Waals surface area contributed by atoms with E-state index in [0.29, 0.717) is 0 Å². The van der Waals surface area contributed by atoms with Crippen molar-refractivity contribution in [1.82, 2.24) is 14.9 Å². The van der Waals surface area contributed by atoms with Crippen molar-refractivity contribution in [2.24, 2.45) is 5.10 Å². The Bertz CT molecular complexity index is 494. The molecule has 0 saturated heterocycles. The Kier molecular flexibility index (Phi) is 2.68. The molecule has 0 radical (unpaired) electrons. The molecule has 0 aliphatic heterocycles. The van der Waals surface area contributed by atoms with Crippen LogP contribution in [0.15, 0.2) is 29.9 Å². The predicted molar refractivity (Wildman–Crippen MR) is 60.6 cm³/mol. The van der Waals surface area contributed by atoms with Gasteiger partial charge in [-0.3, -0.25) is 0 Å². The number of hydrogen-bond acceptors (Lipinski definition) is 4. The lowest BCUT2D eigenvalue weighted by molar-refractivity contribution is 0.474. The van der Waals surface area contributed by atoms with Gasteiger partial charge in [-0.15, -0.1) is 10.2 Å². The zero-order chi connectivity index (χ0) is 11.5. The van der Waals surface area contributed by atoms with Crippen LogP contribution in [0.25, 0.3) is 0 Å². The van der Waals surface area contributed by atoms with Crippen molar-refractivity contribution >= 4 is 6.21 Å². The molecule has 0 unspecified atom stereocenters. The molecule has 0 aliphatic carbocycles. The highest BCUT2D eigenvalue weighted by atomic mass is 16.3. The van der Waals surface area contributed by atoms with Crippen LogP contribution >= 0.6 is 0 Å². The van der Waals surface area contributed by atoms with Gasteiger partial charge >= 0.3 is 0 Å². The molecule has 0 atom stereocenters. The Balaban J connectivity index is 2.35. The zero-order valence-corrected chi connectivity index (χ0v) is 9.12. The molecular formula is C11H12N4O. The van der Waals surface area contributed by atoms with Crippen LogP contribution in [0.1, 0.15) is 16.7 Å². The van der Waals surface area contributed by atoms with E-state index in [0.717, 1.165) is 16.7 Å². The molecule has 82 valence electrons. The van der Waals surface area contributed by atoms with Crippen LogP contribution in [-0.4, -0.2) is 26.2 Å². The van der Waals surface area contributed by atoms with E-state index in [-0.39, 0.29) is 5.75 Å². The van der Waals surface area contributed by atoms with Crippen LogP contribution in [0.5, 0.6) is 5.75 Å². The molecule has 1 N–H and O–H groups in total. The number of aryl methyl sites for hydroxylation is 2. The molecule has 1 aromatic carbocycles. The molecule has 2 rings (SSSR count). The van der Waals surface area contributed by atoms with E-state index in [2.05, 4.69) is 15.3 Å². The Hall–Kier alpha value is -2.17. The molecule has 0 saturated carbocycles. The first-order chi connectivity index (χ1) is 7.66. The molecule has 0 aliphatic rings. The van der Waals surface area contributed by atoms with Gasteiger partial charge in [-0.2, -0.15) is 5.10 Å². The summed E-state index contributed by atoms with van der Waals surface area (Å²) in [7, 11) is 0. The maximum atomic E-state index is 9.40. The van der Waals surface area contributed by atoms with Crippen LogP contribution in [0.2, 0.25) is 0 Å². The first-order valence-corrected chi connectivity index (χ1v) is 4.86. The van der Waals surface area contributed by atoms with Crippen LogP contribution in [-0.2, 0) is 0 Å². The Morgan fingerprint density at radius 3 is 2.31 bits per heavy atom. The summed E-state index contributed by atoms with van der Waals surface area (Å²) in [5.41, 5.74) is 2.95. The molecule has 1 heterocycles. The number of phenolic OH excluding ortho intramolecular Hbond substituents is 1. The minimum atomic E-state index is 0.274. The first kappa shape index (κ1) is 10.4. The molecule has 16 heavy (non-hydrogen) atoms. The molecule has 5 heteroatoms. The van der Waals surface area contributed by atoms with Crippen molar-refractivity contribution in [3.05, 3.63) is 41.5 Å². The van der Waals surface area contributed by atoms with E-state index in [4.69, 9.17) is 0 Å². The average molecular weight is 216 g/mol. The standard InChI is InChI=1S/C11H12N4O/c1-8-3-10(16)4-9(2)11(8)5-14-15-6-12-13-7-15/h3-7,16H,1-2H3/b14-5+. The van der Waals surface area contributed by atoms with E-state index >= 15 is 0 Å². The van der Waals surface area contributed by atoms with Crippen LogP contribution < -0.4 is 0 Å². The van der Waals surface area contributed by atoms with Gasteiger partial charge in [0.05, 0.1) is 6.21 Å². The van der Waals surface area contributed by atoms with Crippen molar-refractivity contribution in [1.29, 1.82) is 0 Å². The second-order valence-corrected chi connectivity index (χ2v) is 3.58. The number of phenols is 1. The summed E-state index contributed by atoms with van der Waals surface area (Å²) in [5.74, 6) is 0.274. The maximum Gasteiger partial charge on any atom is 0.141 e. The maximum absolute atomic E-state index is 9.40. The van der Waals surface area contributed by atoms with Gasteiger partial charge in [0.25, 0.3) is 0 Å². The molecule has 2 aromatic rings. The quantitative estimate of drug-likeness (QED) is 0.773. The molecule has 5 nitrogen and oxygen atoms in total. The van der Waals surface area contributed by atoms with Crippen molar-refractivity contribution < 1.29 is 5.11 Å². The summed E-state index contributed by atoms with van der Waals surface area (Å²) in [6, 6.07) is 3.42. The third kappa shape index (κ3) is 2.08. The number of aromatic nitrogens is 3. The minimum Gasteiger partial charge on any atom is -0.508 e. The van der Waals surface area contributed by atoms with Crippen molar-refractivity contribution in [3.8, 4) is 5.75 Å². The summed E-state index contributed by atoms with van der Waals surface area (Å²) >= 11 is 0. The normalized spacial score (nSPS) is 11.1. The lowest BCUT2D eigenvalue weighted by Gasteiger charge is -2.05. The highest BCUT2D eigenvalue weighted by Crippen LogP contribution is 2.19. The third-order valence-corrected chi connectivity index (χ3v) is 2.31. The topological polar surface area (TPSA) is 63.3 Å². The molecule has 0 amide bonds. The van der Waals surface area contributed by atoms with E-state index < -0.39 is 0 Å². The smallest absolute Gasteiger partial charge is 0.141 e. The van der Waals surface area contributed by atoms with E-state index in [1.54, 1.807) is 18.3 Å². The second-order valence-electron chi connectivity index (χ2n) is 3.58. The van der Waals surface area contributed by atoms with Gasteiger partial charge in [0, 0.05) is 5.56 Å². The number of hydrogen-bond donors (Lipinski definition) is 1. The Morgan fingerprint density at radius 2 is 1.75 bits per heavy atom. The number of rotatable bonds is 2. The molecule has 1 aromatic heterocycles. The summed E-state index contributed by atoms with van der Waals surface area (Å²) in [6.07, 6.45) is 4.76. The monoisotopic (exact) mass is 216 g/mol. The van der Waals surface area contributed by atoms with Gasteiger partial charge in [0.15, 0.2) is 0 Å². The third-order valence-electron chi connectivity index (χ3n) is 2.31. The zero-order valence-electron chi connectivity index (χ0n) is 9.12. The highest BCUT2D eigenvalue weighted by Gasteiger charge is 2.02. The minimum absolute atomic E-state index is 0.274. The van der Waals surface area contributed by atoms with Crippen molar-refractivity contribution in [3.63, 3.8) is 0 Å². The van der Waals surface area contributed by atoms with Gasteiger partial charge in [-0.25, -0.2) is 4.68 Å². The SMILES string of the molecule is Cc1cc(O)cc(C)c1/C=N/n1cnnc1. The molecule has 0 fully saturated rings. The fourth-order valence-electron chi connectivity index (χ4n) is 1.53. The fraction of sp³-hybridized carbons (Fsp3) is 0.182.